The molecule has 0 N–H and O–H groups in total. The standard InChI is InChI=1S/C24H26N6S2/c1-17-19(3)31-23(29(17)15-21-11-7-5-8-12-21)25-27-28-26-24-30(18(2)20(4)32-24)16-22-13-9-6-10-14-22/h5-14H,15-16H2,1-4H3/b25-23-,26-24+,28-27+. The summed E-state index contributed by atoms with van der Waals surface area (Å²) >= 11 is 3.23. The molecule has 0 radical (unpaired) electrons. The molecule has 0 saturated heterocycles. The summed E-state index contributed by atoms with van der Waals surface area (Å²) in [6.45, 7) is 9.93. The number of thiazole rings is 2. The van der Waals surface area contributed by atoms with Gasteiger partial charge in [-0.15, -0.1) is 0 Å². The molecule has 0 bridgehead atoms. The quantitative estimate of drug-likeness (QED) is 0.267. The van der Waals surface area contributed by atoms with Crippen LogP contribution in [0.5, 0.6) is 0 Å². The summed E-state index contributed by atoms with van der Waals surface area (Å²) < 4.78 is 4.34. The third-order valence-electron chi connectivity index (χ3n) is 5.45. The molecule has 0 atom stereocenters. The van der Waals surface area contributed by atoms with Gasteiger partial charge < -0.3 is 9.13 Å². The second-order valence-electron chi connectivity index (χ2n) is 7.57. The van der Waals surface area contributed by atoms with Crippen molar-refractivity contribution in [3.8, 4) is 0 Å². The van der Waals surface area contributed by atoms with Crippen LogP contribution in [0.3, 0.4) is 0 Å². The minimum Gasteiger partial charge on any atom is -0.315 e. The van der Waals surface area contributed by atoms with E-state index in [0.717, 1.165) is 22.7 Å². The van der Waals surface area contributed by atoms with Crippen LogP contribution in [0.2, 0.25) is 0 Å². The van der Waals surface area contributed by atoms with Crippen LogP contribution in [-0.2, 0) is 13.1 Å². The van der Waals surface area contributed by atoms with Crippen LogP contribution in [0.15, 0.2) is 81.3 Å². The van der Waals surface area contributed by atoms with Gasteiger partial charge in [-0.25, -0.2) is 0 Å². The maximum atomic E-state index is 4.38. The first kappa shape index (κ1) is 22.1. The van der Waals surface area contributed by atoms with Crippen LogP contribution < -0.4 is 9.60 Å². The third kappa shape index (κ3) is 5.03. The summed E-state index contributed by atoms with van der Waals surface area (Å²) in [5.74, 6) is 0. The highest BCUT2D eigenvalue weighted by atomic mass is 32.1. The third-order valence-corrected chi connectivity index (χ3v) is 7.62. The summed E-state index contributed by atoms with van der Waals surface area (Å²) in [5, 5.41) is 16.9. The highest BCUT2D eigenvalue weighted by Crippen LogP contribution is 2.13. The number of aromatic nitrogens is 2. The van der Waals surface area contributed by atoms with Gasteiger partial charge in [0.15, 0.2) is 0 Å². The lowest BCUT2D eigenvalue weighted by Gasteiger charge is -2.06. The molecule has 4 aromatic rings. The van der Waals surface area contributed by atoms with Gasteiger partial charge >= 0.3 is 0 Å². The minimum absolute atomic E-state index is 0.753. The van der Waals surface area contributed by atoms with Crippen LogP contribution in [0.4, 0.5) is 0 Å². The predicted molar refractivity (Wildman–Crippen MR) is 131 cm³/mol. The Morgan fingerprint density at radius 2 is 0.969 bits per heavy atom. The van der Waals surface area contributed by atoms with Crippen molar-refractivity contribution in [2.75, 3.05) is 0 Å². The van der Waals surface area contributed by atoms with Gasteiger partial charge in [0.25, 0.3) is 0 Å². The van der Waals surface area contributed by atoms with E-state index in [1.165, 1.54) is 32.3 Å². The lowest BCUT2D eigenvalue weighted by Crippen LogP contribution is -2.17. The molecule has 8 heteroatoms. The van der Waals surface area contributed by atoms with E-state index in [0.29, 0.717) is 0 Å². The Morgan fingerprint density at radius 1 is 0.594 bits per heavy atom. The Hall–Kier alpha value is -3.10. The lowest BCUT2D eigenvalue weighted by atomic mass is 10.2. The summed E-state index contributed by atoms with van der Waals surface area (Å²) in [6.07, 6.45) is 0. The molecule has 4 rings (SSSR count). The Kier molecular flexibility index (Phi) is 6.92. The average Bonchev–Trinajstić information content (AvgIpc) is 3.22. The van der Waals surface area contributed by atoms with Gasteiger partial charge in [0, 0.05) is 21.1 Å². The number of hydrogen-bond acceptors (Lipinski definition) is 4. The first-order chi connectivity index (χ1) is 15.5. The van der Waals surface area contributed by atoms with Crippen molar-refractivity contribution >= 4 is 22.7 Å². The molecule has 0 unspecified atom stereocenters. The molecule has 0 aliphatic carbocycles. The van der Waals surface area contributed by atoms with Crippen molar-refractivity contribution in [3.63, 3.8) is 0 Å². The van der Waals surface area contributed by atoms with Crippen LogP contribution in [0.25, 0.3) is 0 Å². The summed E-state index contributed by atoms with van der Waals surface area (Å²) in [4.78, 5) is 4.08. The smallest absolute Gasteiger partial charge is 0.213 e. The zero-order valence-electron chi connectivity index (χ0n) is 18.7. The van der Waals surface area contributed by atoms with Gasteiger partial charge in [-0.2, -0.15) is 0 Å². The molecule has 0 aliphatic rings. The fourth-order valence-corrected chi connectivity index (χ4v) is 5.21. The van der Waals surface area contributed by atoms with E-state index in [1.807, 2.05) is 12.1 Å². The summed E-state index contributed by atoms with van der Waals surface area (Å²) in [7, 11) is 0. The van der Waals surface area contributed by atoms with E-state index >= 15 is 0 Å². The average molecular weight is 463 g/mol. The van der Waals surface area contributed by atoms with Gasteiger partial charge in [-0.05, 0) is 49.3 Å². The molecule has 2 heterocycles. The monoisotopic (exact) mass is 462 g/mol. The van der Waals surface area contributed by atoms with Crippen molar-refractivity contribution in [2.24, 2.45) is 20.6 Å². The van der Waals surface area contributed by atoms with Gasteiger partial charge in [-0.3, -0.25) is 0 Å². The largest absolute Gasteiger partial charge is 0.315 e. The molecule has 0 spiro atoms. The highest BCUT2D eigenvalue weighted by molar-refractivity contribution is 7.09. The molecule has 6 nitrogen and oxygen atoms in total. The lowest BCUT2D eigenvalue weighted by molar-refractivity contribution is 0.710. The Morgan fingerprint density at radius 3 is 1.34 bits per heavy atom. The second-order valence-corrected chi connectivity index (χ2v) is 9.94. The Bertz CT molecular complexity index is 1250. The number of rotatable bonds is 6. The minimum atomic E-state index is 0.753. The van der Waals surface area contributed by atoms with Crippen molar-refractivity contribution in [3.05, 3.63) is 103 Å². The second kappa shape index (κ2) is 10.0. The summed E-state index contributed by atoms with van der Waals surface area (Å²) in [5.41, 5.74) is 4.83. The van der Waals surface area contributed by atoms with Crippen LogP contribution in [-0.4, -0.2) is 9.13 Å². The van der Waals surface area contributed by atoms with E-state index in [4.69, 9.17) is 0 Å². The van der Waals surface area contributed by atoms with Crippen molar-refractivity contribution in [1.82, 2.24) is 9.13 Å². The van der Waals surface area contributed by atoms with E-state index in [2.05, 4.69) is 106 Å². The molecular weight excluding hydrogens is 436 g/mol. The topological polar surface area (TPSA) is 59.3 Å². The normalized spacial score (nSPS) is 12.9. The maximum absolute atomic E-state index is 4.38. The molecule has 0 aliphatic heterocycles. The highest BCUT2D eigenvalue weighted by Gasteiger charge is 2.08. The molecule has 0 amide bonds. The number of aryl methyl sites for hydroxylation is 2. The van der Waals surface area contributed by atoms with E-state index < -0.39 is 0 Å². The Balaban J connectivity index is 1.63. The number of benzene rings is 2. The summed E-state index contributed by atoms with van der Waals surface area (Å²) in [6, 6.07) is 20.7. The van der Waals surface area contributed by atoms with Gasteiger partial charge in [-0.1, -0.05) is 93.5 Å². The predicted octanol–water partition coefficient (Wildman–Crippen LogP) is 5.53. The SMILES string of the molecule is Cc1s\c(=N/N=N/N=c2/sc(C)c(C)n2Cc2ccccc2)n(Cc2ccccc2)c1C. The van der Waals surface area contributed by atoms with Crippen molar-refractivity contribution < 1.29 is 0 Å². The van der Waals surface area contributed by atoms with Crippen LogP contribution in [0, 0.1) is 27.7 Å². The first-order valence-corrected chi connectivity index (χ1v) is 12.1. The Labute approximate surface area is 195 Å². The van der Waals surface area contributed by atoms with E-state index in [1.54, 1.807) is 22.7 Å². The molecule has 2 aromatic carbocycles. The molecule has 0 saturated carbocycles. The number of nitrogens with zero attached hydrogens (tertiary/aromatic N) is 6. The van der Waals surface area contributed by atoms with Gasteiger partial charge in [0.05, 0.1) is 13.1 Å². The van der Waals surface area contributed by atoms with E-state index in [-0.39, 0.29) is 0 Å². The van der Waals surface area contributed by atoms with Crippen molar-refractivity contribution in [1.29, 1.82) is 0 Å². The van der Waals surface area contributed by atoms with Gasteiger partial charge in [0.1, 0.15) is 0 Å². The fourth-order valence-electron chi connectivity index (χ4n) is 3.37. The zero-order valence-corrected chi connectivity index (χ0v) is 20.3. The first-order valence-electron chi connectivity index (χ1n) is 10.4. The van der Waals surface area contributed by atoms with Gasteiger partial charge in [0.2, 0.25) is 9.60 Å². The molecule has 2 aromatic heterocycles. The fraction of sp³-hybridized carbons (Fsp3) is 0.250. The molecule has 32 heavy (non-hydrogen) atoms. The van der Waals surface area contributed by atoms with E-state index in [9.17, 15) is 0 Å². The van der Waals surface area contributed by atoms with Crippen LogP contribution >= 0.6 is 22.7 Å². The maximum Gasteiger partial charge on any atom is 0.213 e. The van der Waals surface area contributed by atoms with Crippen LogP contribution in [0.1, 0.15) is 32.3 Å². The zero-order chi connectivity index (χ0) is 22.5. The molecule has 0 fully saturated rings. The van der Waals surface area contributed by atoms with Crippen molar-refractivity contribution in [2.45, 2.75) is 40.8 Å². The number of hydrogen-bond donors (Lipinski definition) is 0. The molecular formula is C24H26N6S2. The molecule has 164 valence electrons.